The van der Waals surface area contributed by atoms with Gasteiger partial charge in [-0.1, -0.05) is 19.3 Å². The van der Waals surface area contributed by atoms with Crippen LogP contribution in [0.5, 0.6) is 11.5 Å². The van der Waals surface area contributed by atoms with Gasteiger partial charge in [-0.2, -0.15) is 4.98 Å². The van der Waals surface area contributed by atoms with Crippen LogP contribution in [0.1, 0.15) is 25.0 Å². The van der Waals surface area contributed by atoms with Crippen molar-refractivity contribution >= 4 is 17.5 Å². The Labute approximate surface area is 199 Å². The van der Waals surface area contributed by atoms with E-state index in [1.807, 2.05) is 29.1 Å². The maximum atomic E-state index is 5.93. The van der Waals surface area contributed by atoms with Gasteiger partial charge in [0.05, 0.1) is 50.3 Å². The third-order valence-corrected chi connectivity index (χ3v) is 7.26. The summed E-state index contributed by atoms with van der Waals surface area (Å²) < 4.78 is 19.0. The van der Waals surface area contributed by atoms with Gasteiger partial charge in [-0.05, 0) is 24.5 Å². The summed E-state index contributed by atoms with van der Waals surface area (Å²) in [6.45, 7) is 2.17. The van der Waals surface area contributed by atoms with Crippen LogP contribution in [0.25, 0.3) is 5.69 Å². The number of ether oxygens (including phenoxy) is 3. The summed E-state index contributed by atoms with van der Waals surface area (Å²) >= 11 is 0. The predicted molar refractivity (Wildman–Crippen MR) is 128 cm³/mol. The number of likely N-dealkylation sites (N-methyl/N-ethyl adjacent to an activating group) is 1. The maximum absolute atomic E-state index is 5.93. The van der Waals surface area contributed by atoms with Crippen molar-refractivity contribution in [2.45, 2.75) is 31.7 Å². The van der Waals surface area contributed by atoms with E-state index >= 15 is 0 Å². The molecule has 2 fully saturated rings. The molecular formula is C25H30N6O3. The lowest BCUT2D eigenvalue weighted by molar-refractivity contribution is -0.0518. The van der Waals surface area contributed by atoms with Gasteiger partial charge in [0.1, 0.15) is 12.4 Å². The Kier molecular flexibility index (Phi) is 5.49. The summed E-state index contributed by atoms with van der Waals surface area (Å²) in [5, 5.41) is 3.31. The van der Waals surface area contributed by atoms with E-state index in [1.54, 1.807) is 13.3 Å². The normalized spacial score (nSPS) is 20.2. The smallest absolute Gasteiger partial charge is 0.229 e. The van der Waals surface area contributed by atoms with Crippen LogP contribution in [0, 0.1) is 11.8 Å². The molecule has 9 heteroatoms. The number of imidazole rings is 1. The number of hydrogen-bond donors (Lipinski definition) is 1. The van der Waals surface area contributed by atoms with E-state index in [1.165, 1.54) is 19.3 Å². The van der Waals surface area contributed by atoms with E-state index in [4.69, 9.17) is 19.2 Å². The molecule has 2 aliphatic heterocycles. The molecule has 4 heterocycles. The molecule has 1 saturated carbocycles. The molecule has 0 radical (unpaired) electrons. The minimum Gasteiger partial charge on any atom is -0.494 e. The molecule has 0 spiro atoms. The number of anilines is 3. The van der Waals surface area contributed by atoms with Gasteiger partial charge in [-0.15, -0.1) is 0 Å². The van der Waals surface area contributed by atoms with Crippen LogP contribution in [0.4, 0.5) is 17.5 Å². The number of rotatable bonds is 7. The highest BCUT2D eigenvalue weighted by atomic mass is 16.5. The molecule has 1 saturated heterocycles. The van der Waals surface area contributed by atoms with Crippen LogP contribution < -0.4 is 19.7 Å². The molecule has 3 aromatic rings. The van der Waals surface area contributed by atoms with Crippen molar-refractivity contribution < 1.29 is 14.2 Å². The first-order valence-corrected chi connectivity index (χ1v) is 12.0. The first-order valence-electron chi connectivity index (χ1n) is 12.0. The van der Waals surface area contributed by atoms with Crippen LogP contribution in [-0.4, -0.2) is 59.5 Å². The molecule has 34 heavy (non-hydrogen) atoms. The lowest BCUT2D eigenvalue weighted by Crippen LogP contribution is -2.52. The van der Waals surface area contributed by atoms with Gasteiger partial charge < -0.3 is 29.0 Å². The summed E-state index contributed by atoms with van der Waals surface area (Å²) in [5.74, 6) is 4.02. The highest BCUT2D eigenvalue weighted by Gasteiger charge is 2.36. The number of benzene rings is 1. The fourth-order valence-electron chi connectivity index (χ4n) is 4.84. The second-order valence-electron chi connectivity index (χ2n) is 9.45. The molecule has 2 aromatic heterocycles. The van der Waals surface area contributed by atoms with Gasteiger partial charge in [-0.25, -0.2) is 9.97 Å². The average molecular weight is 463 g/mol. The van der Waals surface area contributed by atoms with Crippen molar-refractivity contribution in [3.8, 4) is 17.2 Å². The molecule has 178 valence electrons. The molecule has 0 amide bonds. The third kappa shape index (κ3) is 3.94. The molecule has 0 bridgehead atoms. The van der Waals surface area contributed by atoms with Gasteiger partial charge in [0, 0.05) is 30.9 Å². The summed E-state index contributed by atoms with van der Waals surface area (Å²) in [6.07, 6.45) is 10.7. The van der Waals surface area contributed by atoms with E-state index in [0.717, 1.165) is 54.2 Å². The molecule has 9 nitrogen and oxygen atoms in total. The Hall–Kier alpha value is -3.33. The number of hydrogen-bond acceptors (Lipinski definition) is 8. The Bertz CT molecular complexity index is 1170. The Morgan fingerprint density at radius 3 is 2.79 bits per heavy atom. The van der Waals surface area contributed by atoms with Crippen LogP contribution in [0.15, 0.2) is 36.9 Å². The monoisotopic (exact) mass is 462 g/mol. The van der Waals surface area contributed by atoms with Gasteiger partial charge in [0.25, 0.3) is 0 Å². The number of nitrogens with one attached hydrogen (secondary N) is 1. The second-order valence-corrected chi connectivity index (χ2v) is 9.45. The lowest BCUT2D eigenvalue weighted by atomic mass is 9.82. The Balaban J connectivity index is 1.20. The number of methoxy groups -OCH3 is 1. The van der Waals surface area contributed by atoms with E-state index in [0.29, 0.717) is 24.2 Å². The molecule has 1 unspecified atom stereocenters. The van der Waals surface area contributed by atoms with E-state index in [-0.39, 0.29) is 6.04 Å². The SMILES string of the molecule is COc1cc(Nc2ncc3c(n2)N(C)C(C2COC2)CO3)ccc1-n1cnc(CC2CCC2)c1. The molecule has 1 aliphatic carbocycles. The van der Waals surface area contributed by atoms with Crippen molar-refractivity contribution in [1.29, 1.82) is 0 Å². The number of aromatic nitrogens is 4. The van der Waals surface area contributed by atoms with Crippen molar-refractivity contribution in [2.75, 3.05) is 44.2 Å². The van der Waals surface area contributed by atoms with Gasteiger partial charge >= 0.3 is 0 Å². The number of fused-ring (bicyclic) bond motifs is 1. The molecule has 1 N–H and O–H groups in total. The first kappa shape index (κ1) is 21.2. The third-order valence-electron chi connectivity index (χ3n) is 7.26. The fraction of sp³-hybridized carbons (Fsp3) is 0.480. The fourth-order valence-corrected chi connectivity index (χ4v) is 4.84. The van der Waals surface area contributed by atoms with Crippen molar-refractivity contribution in [3.05, 3.63) is 42.6 Å². The van der Waals surface area contributed by atoms with Crippen LogP contribution in [-0.2, 0) is 11.2 Å². The highest BCUT2D eigenvalue weighted by molar-refractivity contribution is 5.64. The van der Waals surface area contributed by atoms with Crippen molar-refractivity contribution in [3.63, 3.8) is 0 Å². The topological polar surface area (TPSA) is 86.6 Å². The zero-order valence-electron chi connectivity index (χ0n) is 19.6. The molecule has 1 atom stereocenters. The first-order chi connectivity index (χ1) is 16.7. The second kappa shape index (κ2) is 8.79. The molecular weight excluding hydrogens is 432 g/mol. The van der Waals surface area contributed by atoms with Crippen molar-refractivity contribution in [1.82, 2.24) is 19.5 Å². The van der Waals surface area contributed by atoms with Crippen LogP contribution in [0.3, 0.4) is 0 Å². The maximum Gasteiger partial charge on any atom is 0.229 e. The van der Waals surface area contributed by atoms with E-state index in [2.05, 4.69) is 33.4 Å². The van der Waals surface area contributed by atoms with Gasteiger partial charge in [0.15, 0.2) is 11.6 Å². The zero-order chi connectivity index (χ0) is 23.1. The predicted octanol–water partition coefficient (Wildman–Crippen LogP) is 3.60. The molecule has 3 aliphatic rings. The summed E-state index contributed by atoms with van der Waals surface area (Å²) in [4.78, 5) is 16.0. The largest absolute Gasteiger partial charge is 0.494 e. The van der Waals surface area contributed by atoms with Gasteiger partial charge in [-0.3, -0.25) is 0 Å². The minimum absolute atomic E-state index is 0.257. The van der Waals surface area contributed by atoms with Crippen molar-refractivity contribution in [2.24, 2.45) is 11.8 Å². The minimum atomic E-state index is 0.257. The standard InChI is InChI=1S/C25H30N6O3/c1-30-21(17-12-33-13-17)14-34-23-10-26-25(29-24(23)30)28-18-6-7-20(22(9-18)32-2)31-11-19(27-15-31)8-16-4-3-5-16/h6-7,9-11,15-17,21H,3-5,8,12-14H2,1-2H3,(H,26,28,29). The number of nitrogens with zero attached hydrogens (tertiary/aromatic N) is 5. The van der Waals surface area contributed by atoms with Crippen LogP contribution in [0.2, 0.25) is 0 Å². The Morgan fingerprint density at radius 2 is 2.06 bits per heavy atom. The van der Waals surface area contributed by atoms with E-state index < -0.39 is 0 Å². The molecule has 1 aromatic carbocycles. The summed E-state index contributed by atoms with van der Waals surface area (Å²) in [7, 11) is 3.74. The van der Waals surface area contributed by atoms with Gasteiger partial charge in [0.2, 0.25) is 5.95 Å². The zero-order valence-corrected chi connectivity index (χ0v) is 19.6. The lowest BCUT2D eigenvalue weighted by Gasteiger charge is -2.42. The van der Waals surface area contributed by atoms with E-state index in [9.17, 15) is 0 Å². The molecule has 6 rings (SSSR count). The summed E-state index contributed by atoms with van der Waals surface area (Å²) in [5.41, 5.74) is 2.93. The highest BCUT2D eigenvalue weighted by Crippen LogP contribution is 2.36. The summed E-state index contributed by atoms with van der Waals surface area (Å²) in [6, 6.07) is 6.24. The average Bonchev–Trinajstić information content (AvgIpc) is 3.26. The Morgan fingerprint density at radius 1 is 1.18 bits per heavy atom. The van der Waals surface area contributed by atoms with Crippen LogP contribution >= 0.6 is 0 Å². The quantitative estimate of drug-likeness (QED) is 0.570.